The SMILES string of the molecule is Cc1cc(/C=N\NC(=O)C(=O)NCCc2ccccc2)c(C)n1-c1ccccc1C(F)(F)F. The highest BCUT2D eigenvalue weighted by Crippen LogP contribution is 2.35. The van der Waals surface area contributed by atoms with Crippen LogP contribution in [0.4, 0.5) is 13.2 Å². The molecule has 0 aliphatic heterocycles. The molecule has 0 unspecified atom stereocenters. The lowest BCUT2D eigenvalue weighted by Crippen LogP contribution is -2.38. The molecule has 0 fully saturated rings. The summed E-state index contributed by atoms with van der Waals surface area (Å²) in [5, 5.41) is 6.30. The Kier molecular flexibility index (Phi) is 7.32. The number of para-hydroxylation sites is 1. The number of amides is 2. The van der Waals surface area contributed by atoms with Crippen LogP contribution in [0.3, 0.4) is 0 Å². The molecule has 2 N–H and O–H groups in total. The Bertz CT molecular complexity index is 1170. The number of nitrogens with one attached hydrogen (secondary N) is 2. The van der Waals surface area contributed by atoms with Crippen LogP contribution in [-0.4, -0.2) is 29.1 Å². The molecule has 0 atom stereocenters. The number of carbonyl (C=O) groups excluding carboxylic acids is 2. The molecule has 33 heavy (non-hydrogen) atoms. The minimum atomic E-state index is -4.50. The summed E-state index contributed by atoms with van der Waals surface area (Å²) < 4.78 is 41.8. The fraction of sp³-hybridized carbons (Fsp3) is 0.208. The Morgan fingerprint density at radius 2 is 1.67 bits per heavy atom. The summed E-state index contributed by atoms with van der Waals surface area (Å²) in [7, 11) is 0. The average Bonchev–Trinajstić information content (AvgIpc) is 3.06. The quantitative estimate of drug-likeness (QED) is 0.335. The van der Waals surface area contributed by atoms with Gasteiger partial charge in [-0.05, 0) is 44.0 Å². The molecule has 172 valence electrons. The Balaban J connectivity index is 1.65. The molecule has 0 spiro atoms. The van der Waals surface area contributed by atoms with Gasteiger partial charge in [0.1, 0.15) is 0 Å². The van der Waals surface area contributed by atoms with Crippen molar-refractivity contribution in [2.75, 3.05) is 6.54 Å². The van der Waals surface area contributed by atoms with Crippen molar-refractivity contribution in [3.8, 4) is 5.69 Å². The van der Waals surface area contributed by atoms with Crippen LogP contribution in [0.1, 0.15) is 28.1 Å². The van der Waals surface area contributed by atoms with Gasteiger partial charge in [-0.25, -0.2) is 5.43 Å². The van der Waals surface area contributed by atoms with Crippen molar-refractivity contribution in [2.45, 2.75) is 26.4 Å². The average molecular weight is 456 g/mol. The Labute approximate surface area is 189 Å². The van der Waals surface area contributed by atoms with Gasteiger partial charge in [-0.15, -0.1) is 0 Å². The van der Waals surface area contributed by atoms with E-state index in [0.29, 0.717) is 29.9 Å². The van der Waals surface area contributed by atoms with Crippen LogP contribution < -0.4 is 10.7 Å². The third kappa shape index (κ3) is 5.88. The highest BCUT2D eigenvalue weighted by molar-refractivity contribution is 6.35. The van der Waals surface area contributed by atoms with Gasteiger partial charge in [0.05, 0.1) is 17.5 Å². The molecule has 1 heterocycles. The predicted octanol–water partition coefficient (Wildman–Crippen LogP) is 3.92. The van der Waals surface area contributed by atoms with Gasteiger partial charge in [0.15, 0.2) is 0 Å². The number of halogens is 3. The van der Waals surface area contributed by atoms with E-state index >= 15 is 0 Å². The molecule has 0 aliphatic rings. The molecule has 2 amide bonds. The first-order chi connectivity index (χ1) is 15.7. The van der Waals surface area contributed by atoms with Crippen LogP contribution in [0.2, 0.25) is 0 Å². The largest absolute Gasteiger partial charge is 0.418 e. The van der Waals surface area contributed by atoms with Crippen molar-refractivity contribution in [1.29, 1.82) is 0 Å². The number of aromatic nitrogens is 1. The second-order valence-electron chi connectivity index (χ2n) is 7.37. The smallest absolute Gasteiger partial charge is 0.347 e. The van der Waals surface area contributed by atoms with Crippen molar-refractivity contribution < 1.29 is 22.8 Å². The number of nitrogens with zero attached hydrogens (tertiary/aromatic N) is 2. The number of aryl methyl sites for hydroxylation is 1. The minimum absolute atomic E-state index is 0.00137. The molecule has 1 aromatic heterocycles. The molecule has 0 radical (unpaired) electrons. The van der Waals surface area contributed by atoms with E-state index in [9.17, 15) is 22.8 Å². The number of carbonyl (C=O) groups is 2. The maximum atomic E-state index is 13.4. The number of alkyl halides is 3. The molecule has 3 rings (SSSR count). The second-order valence-corrected chi connectivity index (χ2v) is 7.37. The number of hydrazone groups is 1. The van der Waals surface area contributed by atoms with E-state index in [2.05, 4.69) is 15.8 Å². The van der Waals surface area contributed by atoms with Gasteiger partial charge in [0.25, 0.3) is 0 Å². The Morgan fingerprint density at radius 3 is 2.36 bits per heavy atom. The Morgan fingerprint density at radius 1 is 1.00 bits per heavy atom. The summed E-state index contributed by atoms with van der Waals surface area (Å²) >= 11 is 0. The van der Waals surface area contributed by atoms with Crippen LogP contribution in [0, 0.1) is 13.8 Å². The molecule has 3 aromatic rings. The number of rotatable bonds is 6. The number of hydrogen-bond acceptors (Lipinski definition) is 3. The van der Waals surface area contributed by atoms with Crippen molar-refractivity contribution in [2.24, 2.45) is 5.10 Å². The van der Waals surface area contributed by atoms with E-state index in [0.717, 1.165) is 11.6 Å². The number of benzene rings is 2. The summed E-state index contributed by atoms with van der Waals surface area (Å²) in [6.07, 6.45) is -2.63. The summed E-state index contributed by atoms with van der Waals surface area (Å²) in [6, 6.07) is 16.4. The zero-order valence-corrected chi connectivity index (χ0v) is 18.1. The van der Waals surface area contributed by atoms with Gasteiger partial charge < -0.3 is 9.88 Å². The molecule has 6 nitrogen and oxygen atoms in total. The topological polar surface area (TPSA) is 75.5 Å². The molecule has 0 saturated carbocycles. The van der Waals surface area contributed by atoms with Gasteiger partial charge in [-0.1, -0.05) is 42.5 Å². The monoisotopic (exact) mass is 456 g/mol. The van der Waals surface area contributed by atoms with Gasteiger partial charge in [-0.3, -0.25) is 9.59 Å². The molecule has 2 aromatic carbocycles. The lowest BCUT2D eigenvalue weighted by atomic mass is 10.1. The van der Waals surface area contributed by atoms with Gasteiger partial charge in [-0.2, -0.15) is 18.3 Å². The van der Waals surface area contributed by atoms with Crippen molar-refractivity contribution in [3.63, 3.8) is 0 Å². The first-order valence-corrected chi connectivity index (χ1v) is 10.2. The van der Waals surface area contributed by atoms with Crippen LogP contribution in [-0.2, 0) is 22.2 Å². The van der Waals surface area contributed by atoms with E-state index in [4.69, 9.17) is 0 Å². The van der Waals surface area contributed by atoms with Gasteiger partial charge >= 0.3 is 18.0 Å². The summed E-state index contributed by atoms with van der Waals surface area (Å²) in [5.74, 6) is -1.76. The molecule has 0 bridgehead atoms. The molecular formula is C24H23F3N4O2. The summed E-state index contributed by atoms with van der Waals surface area (Å²) in [4.78, 5) is 23.9. The van der Waals surface area contributed by atoms with Gasteiger partial charge in [0, 0.05) is 23.5 Å². The van der Waals surface area contributed by atoms with Crippen LogP contribution in [0.25, 0.3) is 5.69 Å². The summed E-state index contributed by atoms with van der Waals surface area (Å²) in [6.45, 7) is 3.62. The van der Waals surface area contributed by atoms with E-state index < -0.39 is 23.6 Å². The number of hydrogen-bond donors (Lipinski definition) is 2. The predicted molar refractivity (Wildman–Crippen MR) is 119 cm³/mol. The van der Waals surface area contributed by atoms with Crippen LogP contribution >= 0.6 is 0 Å². The normalized spacial score (nSPS) is 11.5. The highest BCUT2D eigenvalue weighted by Gasteiger charge is 2.34. The molecule has 0 aliphatic carbocycles. The maximum absolute atomic E-state index is 13.4. The minimum Gasteiger partial charge on any atom is -0.347 e. The van der Waals surface area contributed by atoms with Crippen molar-refractivity contribution >= 4 is 18.0 Å². The fourth-order valence-electron chi connectivity index (χ4n) is 3.45. The lowest BCUT2D eigenvalue weighted by Gasteiger charge is -2.16. The lowest BCUT2D eigenvalue weighted by molar-refractivity contribution is -0.139. The third-order valence-corrected chi connectivity index (χ3v) is 5.04. The molecular weight excluding hydrogens is 433 g/mol. The van der Waals surface area contributed by atoms with E-state index in [-0.39, 0.29) is 5.69 Å². The van der Waals surface area contributed by atoms with Crippen molar-refractivity contribution in [1.82, 2.24) is 15.3 Å². The molecule has 9 heteroatoms. The van der Waals surface area contributed by atoms with E-state index in [1.165, 1.54) is 29.0 Å². The van der Waals surface area contributed by atoms with E-state index in [1.54, 1.807) is 19.9 Å². The second kappa shape index (κ2) is 10.2. The maximum Gasteiger partial charge on any atom is 0.418 e. The Hall–Kier alpha value is -3.88. The third-order valence-electron chi connectivity index (χ3n) is 5.04. The standard InChI is InChI=1S/C24H23F3N4O2/c1-16-14-19(17(2)31(16)21-11-7-6-10-20(21)24(25,26)27)15-29-30-23(33)22(32)28-13-12-18-8-4-3-5-9-18/h3-11,14-15H,12-13H2,1-2H3,(H,28,32)(H,30,33)/b29-15-. The zero-order chi connectivity index (χ0) is 24.0. The van der Waals surface area contributed by atoms with E-state index in [1.807, 2.05) is 30.3 Å². The van der Waals surface area contributed by atoms with Crippen molar-refractivity contribution in [3.05, 3.63) is 88.7 Å². The molecule has 0 saturated heterocycles. The zero-order valence-electron chi connectivity index (χ0n) is 18.1. The first kappa shape index (κ1) is 23.8. The van der Waals surface area contributed by atoms with Crippen LogP contribution in [0.5, 0.6) is 0 Å². The fourth-order valence-corrected chi connectivity index (χ4v) is 3.45. The van der Waals surface area contributed by atoms with Crippen LogP contribution in [0.15, 0.2) is 65.8 Å². The highest BCUT2D eigenvalue weighted by atomic mass is 19.4. The van der Waals surface area contributed by atoms with Gasteiger partial charge in [0.2, 0.25) is 0 Å². The summed E-state index contributed by atoms with van der Waals surface area (Å²) in [5.41, 5.74) is 4.00. The first-order valence-electron chi connectivity index (χ1n) is 10.2.